The van der Waals surface area contributed by atoms with Crippen molar-refractivity contribution in [1.29, 1.82) is 0 Å². The number of ketones is 2. The predicted octanol–water partition coefficient (Wildman–Crippen LogP) is 5.15. The molecule has 0 aromatic carbocycles. The van der Waals surface area contributed by atoms with Crippen molar-refractivity contribution in [1.82, 2.24) is 0 Å². The number of carbonyl (C=O) groups excluding carboxylic acids is 2. The minimum atomic E-state index is -0.408. The van der Waals surface area contributed by atoms with Crippen LogP contribution in [0.2, 0.25) is 0 Å². The molecule has 0 spiro atoms. The molecule has 4 rings (SSSR count). The molecule has 0 amide bonds. The maximum Gasteiger partial charge on any atom is 0.171 e. The lowest BCUT2D eigenvalue weighted by molar-refractivity contribution is -0.127. The lowest BCUT2D eigenvalue weighted by Crippen LogP contribution is -2.50. The molecule has 3 unspecified atom stereocenters. The van der Waals surface area contributed by atoms with Crippen LogP contribution in [0, 0.1) is 40.4 Å². The first-order chi connectivity index (χ1) is 14.6. The van der Waals surface area contributed by atoms with Crippen LogP contribution in [0.15, 0.2) is 16.6 Å². The third-order valence-electron chi connectivity index (χ3n) is 9.99. The van der Waals surface area contributed by atoms with Crippen LogP contribution in [0.1, 0.15) is 86.0 Å². The van der Waals surface area contributed by atoms with E-state index in [-0.39, 0.29) is 35.0 Å². The molecule has 0 aromatic heterocycles. The highest BCUT2D eigenvalue weighted by atomic mass is 16.1. The summed E-state index contributed by atoms with van der Waals surface area (Å²) in [7, 11) is 0. The van der Waals surface area contributed by atoms with Crippen molar-refractivity contribution in [2.45, 2.75) is 92.0 Å². The van der Waals surface area contributed by atoms with E-state index in [1.165, 1.54) is 25.0 Å². The van der Waals surface area contributed by atoms with Gasteiger partial charge in [-0.25, -0.2) is 0 Å². The zero-order valence-electron chi connectivity index (χ0n) is 20.2. The topological polar surface area (TPSA) is 72.5 Å². The molecule has 31 heavy (non-hydrogen) atoms. The summed E-state index contributed by atoms with van der Waals surface area (Å²) < 4.78 is 0. The van der Waals surface area contributed by atoms with Gasteiger partial charge in [0.25, 0.3) is 0 Å². The summed E-state index contributed by atoms with van der Waals surface area (Å²) >= 11 is 0. The number of carbonyl (C=O) groups is 2. The normalized spacial score (nSPS) is 41.9. The van der Waals surface area contributed by atoms with Gasteiger partial charge in [0.15, 0.2) is 5.78 Å². The van der Waals surface area contributed by atoms with Gasteiger partial charge in [-0.2, -0.15) is 0 Å². The largest absolute Gasteiger partial charge is 0.321 e. The van der Waals surface area contributed by atoms with Gasteiger partial charge in [0.2, 0.25) is 0 Å². The number of allylic oxidation sites excluding steroid dienone is 2. The molecule has 0 aromatic rings. The summed E-state index contributed by atoms with van der Waals surface area (Å²) in [6, 6.07) is -0.408. The van der Waals surface area contributed by atoms with E-state index in [2.05, 4.69) is 19.9 Å². The SMILES string of the molecule is CC(=O)[C@H]1CCC2C3CC=C4CC(=NCC(=O)[C@@H](N)C(C)C)CC[C@]4(C)C3CC[C@@]21C. The fourth-order valence-corrected chi connectivity index (χ4v) is 7.96. The summed E-state index contributed by atoms with van der Waals surface area (Å²) in [6.07, 6.45) is 11.5. The molecule has 0 aliphatic heterocycles. The molecular formula is C27H42N2O2. The monoisotopic (exact) mass is 426 g/mol. The van der Waals surface area contributed by atoms with Gasteiger partial charge in [-0.05, 0) is 86.4 Å². The fraction of sp³-hybridized carbons (Fsp3) is 0.815. The number of Topliss-reactive ketones (excluding diaryl/α,β-unsaturated/α-hetero) is 2. The number of hydrogen-bond donors (Lipinski definition) is 1. The Morgan fingerprint density at radius 1 is 1.16 bits per heavy atom. The average molecular weight is 427 g/mol. The lowest BCUT2D eigenvalue weighted by Gasteiger charge is -2.57. The minimum Gasteiger partial charge on any atom is -0.321 e. The smallest absolute Gasteiger partial charge is 0.171 e. The summed E-state index contributed by atoms with van der Waals surface area (Å²) in [5.74, 6) is 3.05. The second-order valence-corrected chi connectivity index (χ2v) is 11.8. The first-order valence-corrected chi connectivity index (χ1v) is 12.6. The molecule has 3 saturated carbocycles. The van der Waals surface area contributed by atoms with Crippen LogP contribution in [0.5, 0.6) is 0 Å². The van der Waals surface area contributed by atoms with Gasteiger partial charge < -0.3 is 5.73 Å². The molecule has 0 radical (unpaired) electrons. The zero-order valence-corrected chi connectivity index (χ0v) is 20.2. The number of fused-ring (bicyclic) bond motifs is 5. The Bertz CT molecular complexity index is 812. The number of nitrogens with two attached hydrogens (primary N) is 1. The van der Waals surface area contributed by atoms with E-state index in [9.17, 15) is 9.59 Å². The number of rotatable bonds is 5. The van der Waals surface area contributed by atoms with Crippen molar-refractivity contribution < 1.29 is 9.59 Å². The van der Waals surface area contributed by atoms with Gasteiger partial charge in [0.1, 0.15) is 5.78 Å². The average Bonchev–Trinajstić information content (AvgIpc) is 3.08. The number of nitrogens with zero attached hydrogens (tertiary/aromatic N) is 1. The summed E-state index contributed by atoms with van der Waals surface area (Å²) in [5, 5.41) is 0. The lowest BCUT2D eigenvalue weighted by atomic mass is 9.47. The van der Waals surface area contributed by atoms with E-state index in [0.29, 0.717) is 11.7 Å². The third-order valence-corrected chi connectivity index (χ3v) is 9.99. The summed E-state index contributed by atoms with van der Waals surface area (Å²) in [5.41, 5.74) is 9.22. The van der Waals surface area contributed by atoms with E-state index >= 15 is 0 Å². The minimum absolute atomic E-state index is 0.0568. The van der Waals surface area contributed by atoms with Gasteiger partial charge >= 0.3 is 0 Å². The molecule has 2 N–H and O–H groups in total. The number of aliphatic imine (C=N–C) groups is 1. The Balaban J connectivity index is 1.49. The first-order valence-electron chi connectivity index (χ1n) is 12.6. The Hall–Kier alpha value is -1.29. The summed E-state index contributed by atoms with van der Waals surface area (Å²) in [6.45, 7) is 10.9. The van der Waals surface area contributed by atoms with Gasteiger partial charge in [0, 0.05) is 18.1 Å². The van der Waals surface area contributed by atoms with Gasteiger partial charge in [-0.1, -0.05) is 39.3 Å². The molecule has 7 atom stereocenters. The van der Waals surface area contributed by atoms with Crippen LogP contribution < -0.4 is 5.73 Å². The molecule has 0 heterocycles. The van der Waals surface area contributed by atoms with Crippen LogP contribution in [0.25, 0.3) is 0 Å². The molecular weight excluding hydrogens is 384 g/mol. The van der Waals surface area contributed by atoms with Crippen LogP contribution >= 0.6 is 0 Å². The maximum absolute atomic E-state index is 12.3. The molecule has 0 saturated heterocycles. The molecule has 172 valence electrons. The van der Waals surface area contributed by atoms with E-state index in [0.717, 1.165) is 43.9 Å². The number of hydrogen-bond acceptors (Lipinski definition) is 4. The fourth-order valence-electron chi connectivity index (χ4n) is 7.96. The second kappa shape index (κ2) is 8.24. The van der Waals surface area contributed by atoms with Crippen molar-refractivity contribution in [3.05, 3.63) is 11.6 Å². The van der Waals surface area contributed by atoms with Crippen molar-refractivity contribution in [3.63, 3.8) is 0 Å². The Labute approximate surface area is 188 Å². The van der Waals surface area contributed by atoms with Crippen LogP contribution in [0.3, 0.4) is 0 Å². The van der Waals surface area contributed by atoms with Gasteiger partial charge in [-0.3, -0.25) is 14.6 Å². The van der Waals surface area contributed by atoms with Crippen molar-refractivity contribution in [2.75, 3.05) is 6.54 Å². The predicted molar refractivity (Wildman–Crippen MR) is 126 cm³/mol. The molecule has 3 fully saturated rings. The Morgan fingerprint density at radius 3 is 2.58 bits per heavy atom. The van der Waals surface area contributed by atoms with Crippen LogP contribution in [-0.4, -0.2) is 29.9 Å². The van der Waals surface area contributed by atoms with E-state index in [1.807, 2.05) is 20.8 Å². The van der Waals surface area contributed by atoms with Crippen molar-refractivity contribution in [3.8, 4) is 0 Å². The second-order valence-electron chi connectivity index (χ2n) is 11.8. The van der Waals surface area contributed by atoms with Gasteiger partial charge in [0.05, 0.1) is 12.6 Å². The van der Waals surface area contributed by atoms with E-state index in [4.69, 9.17) is 10.7 Å². The quantitative estimate of drug-likeness (QED) is 0.618. The molecule has 0 bridgehead atoms. The Kier molecular flexibility index (Phi) is 6.09. The van der Waals surface area contributed by atoms with Crippen LogP contribution in [0.4, 0.5) is 0 Å². The highest BCUT2D eigenvalue weighted by molar-refractivity contribution is 5.92. The van der Waals surface area contributed by atoms with E-state index in [1.54, 1.807) is 5.57 Å². The third kappa shape index (κ3) is 3.77. The summed E-state index contributed by atoms with van der Waals surface area (Å²) in [4.78, 5) is 29.3. The van der Waals surface area contributed by atoms with Crippen LogP contribution in [-0.2, 0) is 9.59 Å². The molecule has 4 aliphatic carbocycles. The molecule has 4 nitrogen and oxygen atoms in total. The molecule has 4 aliphatic rings. The van der Waals surface area contributed by atoms with E-state index < -0.39 is 6.04 Å². The van der Waals surface area contributed by atoms with Crippen molar-refractivity contribution in [2.24, 2.45) is 51.1 Å². The zero-order chi connectivity index (χ0) is 22.6. The highest BCUT2D eigenvalue weighted by Crippen LogP contribution is 2.66. The van der Waals surface area contributed by atoms with Crippen molar-refractivity contribution >= 4 is 17.3 Å². The van der Waals surface area contributed by atoms with Gasteiger partial charge in [-0.15, -0.1) is 0 Å². The maximum atomic E-state index is 12.3. The molecule has 4 heteroatoms. The highest BCUT2D eigenvalue weighted by Gasteiger charge is 2.59. The standard InChI is InChI=1S/C27H42N2O2/c1-16(2)25(28)24(31)15-29-19-10-12-26(4)18(14-19)6-7-20-22-9-8-21(17(3)30)27(22,5)13-11-23(20)26/h6,16,20-23,25H,7-15,28H2,1-5H3/t20?,21-,22?,23?,25+,26+,27-/m1/s1. The Morgan fingerprint density at radius 2 is 1.90 bits per heavy atom. The first kappa shape index (κ1) is 22.9.